The van der Waals surface area contributed by atoms with E-state index in [9.17, 15) is 9.59 Å². The molecule has 1 atom stereocenters. The molecule has 2 aromatic carbocycles. The van der Waals surface area contributed by atoms with E-state index < -0.39 is 5.54 Å². The second-order valence-electron chi connectivity index (χ2n) is 10.0. The van der Waals surface area contributed by atoms with Crippen LogP contribution < -0.4 is 10.1 Å². The first-order chi connectivity index (χ1) is 18.0. The van der Waals surface area contributed by atoms with Crippen LogP contribution >= 0.6 is 0 Å². The minimum absolute atomic E-state index is 0.160. The highest BCUT2D eigenvalue weighted by molar-refractivity contribution is 6.00. The van der Waals surface area contributed by atoms with Crippen LogP contribution in [0.4, 0.5) is 0 Å². The molecule has 3 aromatic rings. The summed E-state index contributed by atoms with van der Waals surface area (Å²) in [5.74, 6) is 0.356. The number of para-hydroxylation sites is 1. The molecule has 2 amide bonds. The van der Waals surface area contributed by atoms with Gasteiger partial charge >= 0.3 is 0 Å². The summed E-state index contributed by atoms with van der Waals surface area (Å²) in [5, 5.41) is 7.81. The van der Waals surface area contributed by atoms with E-state index in [1.165, 1.54) is 18.4 Å². The molecule has 7 heteroatoms. The standard InChI is InChI=1S/C30H34N4O3/c1-30(29(36)31-20-24-15-9-10-16-27(24)37-2)21-34-26(19-25(32-34)23-13-7-4-8-14-23)28(35)33(30)18-17-22-11-5-3-6-12-22/h4,7-11,13-16,19H,3,5-6,12,17-18,20-21H2,1-2H3,(H,31,36). The van der Waals surface area contributed by atoms with Crippen LogP contribution in [0.1, 0.15) is 55.1 Å². The minimum atomic E-state index is -1.08. The SMILES string of the molecule is COc1ccccc1CNC(=O)C1(C)Cn2nc(-c3ccccc3)cc2C(=O)N1CCC1=CCCCC1. The predicted octanol–water partition coefficient (Wildman–Crippen LogP) is 4.98. The number of ether oxygens (including phenoxy) is 1. The number of carbonyl (C=O) groups is 2. The van der Waals surface area contributed by atoms with Gasteiger partial charge in [-0.25, -0.2) is 0 Å². The Labute approximate surface area is 218 Å². The van der Waals surface area contributed by atoms with Gasteiger partial charge in [0.05, 0.1) is 19.3 Å². The molecule has 0 saturated carbocycles. The van der Waals surface area contributed by atoms with Crippen molar-refractivity contribution in [2.75, 3.05) is 13.7 Å². The molecule has 2 aliphatic rings. The summed E-state index contributed by atoms with van der Waals surface area (Å²) in [4.78, 5) is 29.4. The second-order valence-corrected chi connectivity index (χ2v) is 10.0. The lowest BCUT2D eigenvalue weighted by atomic mass is 9.92. The number of rotatable bonds is 8. The molecule has 192 valence electrons. The zero-order chi connectivity index (χ0) is 25.8. The monoisotopic (exact) mass is 498 g/mol. The molecule has 1 N–H and O–H groups in total. The molecule has 7 nitrogen and oxygen atoms in total. The maximum absolute atomic E-state index is 13.9. The van der Waals surface area contributed by atoms with Gasteiger partial charge in [-0.1, -0.05) is 60.2 Å². The predicted molar refractivity (Wildman–Crippen MR) is 143 cm³/mol. The third-order valence-electron chi connectivity index (χ3n) is 7.53. The Balaban J connectivity index is 1.44. The average Bonchev–Trinajstić information content (AvgIpc) is 3.36. The molecule has 1 aliphatic carbocycles. The van der Waals surface area contributed by atoms with E-state index >= 15 is 0 Å². The first-order valence-electron chi connectivity index (χ1n) is 13.0. The Hall–Kier alpha value is -3.87. The number of hydrogen-bond donors (Lipinski definition) is 1. The molecule has 1 aromatic heterocycles. The van der Waals surface area contributed by atoms with Gasteiger partial charge in [-0.15, -0.1) is 0 Å². The van der Waals surface area contributed by atoms with Crippen molar-refractivity contribution in [3.8, 4) is 17.0 Å². The van der Waals surface area contributed by atoms with Gasteiger partial charge < -0.3 is 15.0 Å². The van der Waals surface area contributed by atoms with Crippen molar-refractivity contribution in [3.63, 3.8) is 0 Å². The number of amides is 2. The van der Waals surface area contributed by atoms with Gasteiger partial charge in [0.2, 0.25) is 5.91 Å². The van der Waals surface area contributed by atoms with Gasteiger partial charge in [-0.3, -0.25) is 14.3 Å². The fourth-order valence-electron chi connectivity index (χ4n) is 5.34. The van der Waals surface area contributed by atoms with Crippen molar-refractivity contribution in [2.24, 2.45) is 0 Å². The molecule has 0 saturated heterocycles. The molecular weight excluding hydrogens is 464 g/mol. The van der Waals surface area contributed by atoms with Crippen LogP contribution in [0.2, 0.25) is 0 Å². The van der Waals surface area contributed by atoms with Crippen LogP contribution in [0.15, 0.2) is 72.3 Å². The van der Waals surface area contributed by atoms with Crippen molar-refractivity contribution >= 4 is 11.8 Å². The number of aromatic nitrogens is 2. The van der Waals surface area contributed by atoms with Crippen LogP contribution in [-0.4, -0.2) is 45.7 Å². The first-order valence-corrected chi connectivity index (χ1v) is 13.0. The van der Waals surface area contributed by atoms with Crippen LogP contribution in [0.25, 0.3) is 11.3 Å². The third-order valence-corrected chi connectivity index (χ3v) is 7.53. The Bertz CT molecular complexity index is 1310. The van der Waals surface area contributed by atoms with Crippen LogP contribution in [0.3, 0.4) is 0 Å². The molecule has 5 rings (SSSR count). The lowest BCUT2D eigenvalue weighted by Gasteiger charge is -2.43. The summed E-state index contributed by atoms with van der Waals surface area (Å²) in [6, 6.07) is 19.3. The topological polar surface area (TPSA) is 76.5 Å². The highest BCUT2D eigenvalue weighted by Crippen LogP contribution is 2.32. The number of carbonyl (C=O) groups excluding carboxylic acids is 2. The van der Waals surface area contributed by atoms with Gasteiger partial charge in [0.15, 0.2) is 0 Å². The molecule has 37 heavy (non-hydrogen) atoms. The third kappa shape index (κ3) is 5.03. The smallest absolute Gasteiger partial charge is 0.273 e. The molecule has 0 fully saturated rings. The average molecular weight is 499 g/mol. The zero-order valence-corrected chi connectivity index (χ0v) is 21.6. The van der Waals surface area contributed by atoms with Crippen LogP contribution in [0, 0.1) is 0 Å². The van der Waals surface area contributed by atoms with Gasteiger partial charge in [0.25, 0.3) is 5.91 Å². The number of allylic oxidation sites excluding steroid dienone is 1. The first kappa shape index (κ1) is 24.8. The highest BCUT2D eigenvalue weighted by atomic mass is 16.5. The number of methoxy groups -OCH3 is 1. The van der Waals surface area contributed by atoms with Crippen molar-refractivity contribution in [2.45, 2.75) is 57.7 Å². The van der Waals surface area contributed by atoms with E-state index in [2.05, 4.69) is 11.4 Å². The number of nitrogens with zero attached hydrogens (tertiary/aromatic N) is 3. The van der Waals surface area contributed by atoms with Gasteiger partial charge in [-0.2, -0.15) is 5.10 Å². The van der Waals surface area contributed by atoms with Gasteiger partial charge in [0, 0.05) is 24.2 Å². The summed E-state index contributed by atoms with van der Waals surface area (Å²) >= 11 is 0. The lowest BCUT2D eigenvalue weighted by molar-refractivity contribution is -0.133. The fraction of sp³-hybridized carbons (Fsp3) is 0.367. The van der Waals surface area contributed by atoms with Crippen molar-refractivity contribution in [1.82, 2.24) is 20.0 Å². The molecule has 0 spiro atoms. The Morgan fingerprint density at radius 1 is 1.11 bits per heavy atom. The quantitative estimate of drug-likeness (QED) is 0.445. The van der Waals surface area contributed by atoms with Crippen LogP contribution in [-0.2, 0) is 17.9 Å². The Morgan fingerprint density at radius 3 is 2.65 bits per heavy atom. The van der Waals surface area contributed by atoms with E-state index in [1.54, 1.807) is 16.7 Å². The molecule has 0 bridgehead atoms. The van der Waals surface area contributed by atoms with Crippen molar-refractivity contribution in [1.29, 1.82) is 0 Å². The molecule has 0 radical (unpaired) electrons. The zero-order valence-electron chi connectivity index (χ0n) is 21.6. The van der Waals surface area contributed by atoms with E-state index in [1.807, 2.05) is 67.6 Å². The number of benzene rings is 2. The lowest BCUT2D eigenvalue weighted by Crippen LogP contribution is -2.64. The van der Waals surface area contributed by atoms with E-state index in [-0.39, 0.29) is 18.4 Å². The van der Waals surface area contributed by atoms with Crippen molar-refractivity contribution in [3.05, 3.63) is 83.6 Å². The summed E-state index contributed by atoms with van der Waals surface area (Å²) in [5.41, 5.74) is 3.37. The molecular formula is C30H34N4O3. The summed E-state index contributed by atoms with van der Waals surface area (Å²) in [6.07, 6.45) is 7.64. The number of hydrogen-bond acceptors (Lipinski definition) is 4. The maximum atomic E-state index is 13.9. The van der Waals surface area contributed by atoms with Crippen LogP contribution in [0.5, 0.6) is 5.75 Å². The number of nitrogens with one attached hydrogen (secondary N) is 1. The van der Waals surface area contributed by atoms with Crippen molar-refractivity contribution < 1.29 is 14.3 Å². The van der Waals surface area contributed by atoms with Gasteiger partial charge in [-0.05, 0) is 51.2 Å². The Morgan fingerprint density at radius 2 is 1.89 bits per heavy atom. The fourth-order valence-corrected chi connectivity index (χ4v) is 5.34. The second kappa shape index (κ2) is 10.6. The highest BCUT2D eigenvalue weighted by Gasteiger charge is 2.47. The largest absolute Gasteiger partial charge is 0.496 e. The Kier molecular flexibility index (Phi) is 7.12. The van der Waals surface area contributed by atoms with E-state index in [0.29, 0.717) is 18.8 Å². The summed E-state index contributed by atoms with van der Waals surface area (Å²) < 4.78 is 7.15. The van der Waals surface area contributed by atoms with E-state index in [4.69, 9.17) is 9.84 Å². The molecule has 2 heterocycles. The molecule has 1 unspecified atom stereocenters. The maximum Gasteiger partial charge on any atom is 0.273 e. The number of fused-ring (bicyclic) bond motifs is 1. The minimum Gasteiger partial charge on any atom is -0.496 e. The normalized spacial score (nSPS) is 19.2. The summed E-state index contributed by atoms with van der Waals surface area (Å²) in [6.45, 7) is 2.95. The summed E-state index contributed by atoms with van der Waals surface area (Å²) in [7, 11) is 1.62. The van der Waals surface area contributed by atoms with Gasteiger partial charge in [0.1, 0.15) is 17.0 Å². The van der Waals surface area contributed by atoms with E-state index in [0.717, 1.165) is 41.8 Å². The molecule has 1 aliphatic heterocycles.